The van der Waals surface area contributed by atoms with Gasteiger partial charge in [0.1, 0.15) is 0 Å². The average molecular weight is 241 g/mol. The van der Waals surface area contributed by atoms with E-state index in [2.05, 4.69) is 21.0 Å². The van der Waals surface area contributed by atoms with E-state index in [-0.39, 0.29) is 5.82 Å². The van der Waals surface area contributed by atoms with Crippen LogP contribution in [0.3, 0.4) is 0 Å². The van der Waals surface area contributed by atoms with Gasteiger partial charge in [-0.3, -0.25) is 0 Å². The van der Waals surface area contributed by atoms with Crippen molar-refractivity contribution in [3.8, 4) is 0 Å². The molecule has 0 radical (unpaired) electrons. The second-order valence-electron chi connectivity index (χ2n) is 1.78. The zero-order valence-electron chi connectivity index (χ0n) is 5.23. The fourth-order valence-electron chi connectivity index (χ4n) is 0.476. The van der Waals surface area contributed by atoms with E-state index in [9.17, 15) is 8.42 Å². The molecule has 0 amide bonds. The molecule has 0 spiro atoms. The Labute approximate surface area is 71.5 Å². The predicted molar refractivity (Wildman–Crippen MR) is 42.8 cm³/mol. The number of hydrogen-bond donors (Lipinski definition) is 2. The lowest BCUT2D eigenvalue weighted by atomic mass is 10.7. The summed E-state index contributed by atoms with van der Waals surface area (Å²) in [7, 11) is -3.81. The van der Waals surface area contributed by atoms with Gasteiger partial charge in [0.05, 0.1) is 10.7 Å². The Morgan fingerprint density at radius 2 is 2.18 bits per heavy atom. The number of anilines is 1. The normalized spacial score (nSPS) is 11.8. The molecular weight excluding hydrogens is 236 g/mol. The highest BCUT2D eigenvalue weighted by atomic mass is 79.9. The molecule has 8 heteroatoms. The number of halogens is 1. The van der Waals surface area contributed by atoms with Gasteiger partial charge in [-0.1, -0.05) is 0 Å². The maximum absolute atomic E-state index is 10.6. The molecule has 0 saturated carbocycles. The van der Waals surface area contributed by atoms with E-state index in [1.165, 1.54) is 6.20 Å². The smallest absolute Gasteiger partial charge is 0.317 e. The summed E-state index contributed by atoms with van der Waals surface area (Å²) in [6, 6.07) is 0. The first-order chi connectivity index (χ1) is 4.91. The molecule has 1 aromatic heterocycles. The van der Waals surface area contributed by atoms with Crippen molar-refractivity contribution in [3.05, 3.63) is 10.7 Å². The van der Waals surface area contributed by atoms with Gasteiger partial charge in [-0.15, -0.1) is 9.19 Å². The summed E-state index contributed by atoms with van der Waals surface area (Å²) < 4.78 is 22.2. The third-order valence-electron chi connectivity index (χ3n) is 0.936. The molecule has 0 aliphatic heterocycles. The number of hydrogen-bond acceptors (Lipinski definition) is 4. The van der Waals surface area contributed by atoms with Gasteiger partial charge in [-0.2, -0.15) is 8.42 Å². The minimum atomic E-state index is -3.81. The van der Waals surface area contributed by atoms with Gasteiger partial charge in [-0.25, -0.2) is 5.14 Å². The minimum absolute atomic E-state index is 0.0824. The molecule has 0 bridgehead atoms. The molecule has 0 unspecified atom stereocenters. The zero-order chi connectivity index (χ0) is 8.65. The molecule has 0 fully saturated rings. The van der Waals surface area contributed by atoms with Crippen LogP contribution in [0.15, 0.2) is 10.7 Å². The van der Waals surface area contributed by atoms with Gasteiger partial charge in [0.15, 0.2) is 5.82 Å². The third kappa shape index (κ3) is 1.70. The van der Waals surface area contributed by atoms with Crippen LogP contribution in [0.5, 0.6) is 0 Å². The number of aromatic nitrogens is 2. The highest BCUT2D eigenvalue weighted by Gasteiger charge is 2.09. The van der Waals surface area contributed by atoms with E-state index in [0.29, 0.717) is 8.56 Å². The summed E-state index contributed by atoms with van der Waals surface area (Å²) in [4.78, 5) is 0. The first-order valence-electron chi connectivity index (χ1n) is 2.45. The molecule has 62 valence electrons. The van der Waals surface area contributed by atoms with Crippen molar-refractivity contribution in [3.63, 3.8) is 0 Å². The van der Waals surface area contributed by atoms with Crippen molar-refractivity contribution in [1.29, 1.82) is 0 Å². The second kappa shape index (κ2) is 2.47. The number of nitrogen functional groups attached to an aromatic ring is 1. The quantitative estimate of drug-likeness (QED) is 0.676. The molecule has 0 aliphatic rings. The monoisotopic (exact) mass is 240 g/mol. The zero-order valence-corrected chi connectivity index (χ0v) is 7.63. The van der Waals surface area contributed by atoms with Crippen LogP contribution in [0.2, 0.25) is 0 Å². The van der Waals surface area contributed by atoms with Gasteiger partial charge < -0.3 is 5.73 Å². The lowest BCUT2D eigenvalue weighted by Crippen LogP contribution is -2.22. The van der Waals surface area contributed by atoms with E-state index in [1.54, 1.807) is 0 Å². The van der Waals surface area contributed by atoms with Crippen LogP contribution in [-0.4, -0.2) is 17.6 Å². The van der Waals surface area contributed by atoms with Crippen molar-refractivity contribution < 1.29 is 8.42 Å². The molecule has 0 saturated heterocycles. The van der Waals surface area contributed by atoms with Crippen molar-refractivity contribution >= 4 is 32.0 Å². The van der Waals surface area contributed by atoms with Gasteiger partial charge in [0.2, 0.25) is 0 Å². The van der Waals surface area contributed by atoms with Crippen molar-refractivity contribution in [2.45, 2.75) is 0 Å². The molecular formula is C3H5BrN4O2S. The standard InChI is InChI=1S/C3H5BrN4O2S/c4-2-1-8(7-3(2)5)11(6,9)10/h1H,(H2,5,7)(H2,6,9,10). The molecule has 6 nitrogen and oxygen atoms in total. The van der Waals surface area contributed by atoms with Crippen LogP contribution in [0, 0.1) is 0 Å². The summed E-state index contributed by atoms with van der Waals surface area (Å²) in [5, 5.41) is 8.15. The Bertz CT molecular complexity index is 349. The van der Waals surface area contributed by atoms with Crippen LogP contribution in [0.1, 0.15) is 0 Å². The lowest BCUT2D eigenvalue weighted by Gasteiger charge is -1.92. The molecule has 1 aromatic rings. The summed E-state index contributed by atoms with van der Waals surface area (Å²) in [6.07, 6.45) is 1.17. The van der Waals surface area contributed by atoms with Crippen LogP contribution in [-0.2, 0) is 10.2 Å². The third-order valence-corrected chi connectivity index (χ3v) is 2.26. The van der Waals surface area contributed by atoms with Gasteiger partial charge in [0, 0.05) is 0 Å². The molecule has 0 aromatic carbocycles. The van der Waals surface area contributed by atoms with Crippen molar-refractivity contribution in [2.75, 3.05) is 5.73 Å². The Morgan fingerprint density at radius 1 is 1.64 bits per heavy atom. The van der Waals surface area contributed by atoms with E-state index in [0.717, 1.165) is 0 Å². The molecule has 4 N–H and O–H groups in total. The Hall–Kier alpha value is -0.600. The van der Waals surface area contributed by atoms with Crippen LogP contribution >= 0.6 is 15.9 Å². The molecule has 0 atom stereocenters. The Morgan fingerprint density at radius 3 is 2.36 bits per heavy atom. The summed E-state index contributed by atoms with van der Waals surface area (Å²) in [5.41, 5.74) is 5.24. The fourth-order valence-corrected chi connectivity index (χ4v) is 1.34. The molecule has 11 heavy (non-hydrogen) atoms. The maximum Gasteiger partial charge on any atom is 0.317 e. The van der Waals surface area contributed by atoms with Gasteiger partial charge >= 0.3 is 10.2 Å². The predicted octanol–water partition coefficient (Wildman–Crippen LogP) is -0.721. The van der Waals surface area contributed by atoms with Crippen molar-refractivity contribution in [2.24, 2.45) is 5.14 Å². The topological polar surface area (TPSA) is 104 Å². The van der Waals surface area contributed by atoms with E-state index >= 15 is 0 Å². The molecule has 1 heterocycles. The van der Waals surface area contributed by atoms with Crippen molar-refractivity contribution in [1.82, 2.24) is 9.19 Å². The highest BCUT2D eigenvalue weighted by Crippen LogP contribution is 2.16. The Kier molecular flexibility index (Phi) is 1.90. The number of rotatable bonds is 1. The van der Waals surface area contributed by atoms with E-state index in [4.69, 9.17) is 10.9 Å². The number of nitrogens with zero attached hydrogens (tertiary/aromatic N) is 2. The molecule has 0 aliphatic carbocycles. The first-order valence-corrected chi connectivity index (χ1v) is 4.75. The summed E-state index contributed by atoms with van der Waals surface area (Å²) in [5.74, 6) is 0.0824. The summed E-state index contributed by atoms with van der Waals surface area (Å²) in [6.45, 7) is 0. The van der Waals surface area contributed by atoms with E-state index < -0.39 is 10.2 Å². The summed E-state index contributed by atoms with van der Waals surface area (Å²) >= 11 is 2.98. The lowest BCUT2D eigenvalue weighted by molar-refractivity contribution is 0.582. The number of nitrogens with two attached hydrogens (primary N) is 2. The SMILES string of the molecule is Nc1nn(S(N)(=O)=O)cc1Br. The average Bonchev–Trinajstić information content (AvgIpc) is 2.11. The van der Waals surface area contributed by atoms with Gasteiger partial charge in [0.25, 0.3) is 0 Å². The van der Waals surface area contributed by atoms with Crippen LogP contribution in [0.4, 0.5) is 5.82 Å². The van der Waals surface area contributed by atoms with Gasteiger partial charge in [-0.05, 0) is 15.9 Å². The first kappa shape index (κ1) is 8.50. The van der Waals surface area contributed by atoms with Crippen LogP contribution < -0.4 is 10.9 Å². The maximum atomic E-state index is 10.6. The highest BCUT2D eigenvalue weighted by molar-refractivity contribution is 9.10. The largest absolute Gasteiger partial charge is 0.381 e. The fraction of sp³-hybridized carbons (Fsp3) is 0. The Balaban J connectivity index is 3.29. The second-order valence-corrected chi connectivity index (χ2v) is 4.04. The minimum Gasteiger partial charge on any atom is -0.381 e. The van der Waals surface area contributed by atoms with E-state index in [1.807, 2.05) is 0 Å². The van der Waals surface area contributed by atoms with Crippen LogP contribution in [0.25, 0.3) is 0 Å². The molecule has 1 rings (SSSR count).